The fraction of sp³-hybridized carbons (Fsp3) is 0.294. The molecule has 23 heavy (non-hydrogen) atoms. The normalized spacial score (nSPS) is 10.4. The molecule has 1 aromatic carbocycles. The molecule has 1 aromatic heterocycles. The lowest BCUT2D eigenvalue weighted by atomic mass is 10.2. The van der Waals surface area contributed by atoms with Gasteiger partial charge in [0.1, 0.15) is 5.00 Å². The number of carbonyl (C=O) groups excluding carboxylic acids is 2. The molecule has 6 heteroatoms. The lowest BCUT2D eigenvalue weighted by molar-refractivity contribution is 0.0528. The molecule has 0 unspecified atom stereocenters. The summed E-state index contributed by atoms with van der Waals surface area (Å²) in [6, 6.07) is 9.19. The molecule has 1 heterocycles. The molecule has 0 aliphatic rings. The van der Waals surface area contributed by atoms with Crippen LogP contribution in [0.2, 0.25) is 0 Å². The molecule has 122 valence electrons. The Bertz CT molecular complexity index is 710. The number of ether oxygens (including phenoxy) is 1. The van der Waals surface area contributed by atoms with Crippen molar-refractivity contribution in [3.8, 4) is 0 Å². The largest absolute Gasteiger partial charge is 0.462 e. The zero-order chi connectivity index (χ0) is 16.8. The fourth-order valence-electron chi connectivity index (χ4n) is 2.07. The van der Waals surface area contributed by atoms with Crippen LogP contribution in [0.3, 0.4) is 0 Å². The van der Waals surface area contributed by atoms with Crippen LogP contribution in [-0.4, -0.2) is 24.7 Å². The van der Waals surface area contributed by atoms with E-state index in [-0.39, 0.29) is 5.91 Å². The minimum atomic E-state index is -0.406. The van der Waals surface area contributed by atoms with Crippen molar-refractivity contribution in [3.05, 3.63) is 46.3 Å². The van der Waals surface area contributed by atoms with Crippen LogP contribution >= 0.6 is 23.1 Å². The smallest absolute Gasteiger partial charge is 0.341 e. The highest BCUT2D eigenvalue weighted by Crippen LogP contribution is 2.30. The molecule has 0 aliphatic carbocycles. The van der Waals surface area contributed by atoms with Gasteiger partial charge in [-0.25, -0.2) is 4.79 Å². The van der Waals surface area contributed by atoms with Gasteiger partial charge in [0.25, 0.3) is 5.91 Å². The first-order valence-electron chi connectivity index (χ1n) is 7.34. The van der Waals surface area contributed by atoms with Gasteiger partial charge in [-0.3, -0.25) is 4.79 Å². The minimum Gasteiger partial charge on any atom is -0.462 e. The summed E-state index contributed by atoms with van der Waals surface area (Å²) in [5, 5.41) is 3.40. The summed E-state index contributed by atoms with van der Waals surface area (Å²) in [5.74, 6) is -0.623. The number of benzene rings is 1. The third-order valence-corrected chi connectivity index (χ3v) is 5.20. The van der Waals surface area contributed by atoms with E-state index in [9.17, 15) is 9.59 Å². The lowest BCUT2D eigenvalue weighted by Crippen LogP contribution is -2.15. The van der Waals surface area contributed by atoms with Gasteiger partial charge in [0.2, 0.25) is 0 Å². The summed E-state index contributed by atoms with van der Waals surface area (Å²) in [6.45, 7) is 4.08. The maximum Gasteiger partial charge on any atom is 0.341 e. The molecule has 0 spiro atoms. The SMILES string of the molecule is CCOC(=O)c1cc(CC)sc1NC(=O)c1ccccc1SC. The van der Waals surface area contributed by atoms with Crippen molar-refractivity contribution in [2.75, 3.05) is 18.2 Å². The Morgan fingerprint density at radius 2 is 1.96 bits per heavy atom. The highest BCUT2D eigenvalue weighted by molar-refractivity contribution is 7.98. The second kappa shape index (κ2) is 8.17. The summed E-state index contributed by atoms with van der Waals surface area (Å²) >= 11 is 2.92. The first-order valence-corrected chi connectivity index (χ1v) is 9.39. The fourth-order valence-corrected chi connectivity index (χ4v) is 3.65. The Labute approximate surface area is 144 Å². The van der Waals surface area contributed by atoms with Crippen LogP contribution < -0.4 is 5.32 Å². The second-order valence-electron chi connectivity index (χ2n) is 4.68. The number of hydrogen-bond acceptors (Lipinski definition) is 5. The van der Waals surface area contributed by atoms with Crippen molar-refractivity contribution in [3.63, 3.8) is 0 Å². The first-order chi connectivity index (χ1) is 11.1. The van der Waals surface area contributed by atoms with Crippen molar-refractivity contribution in [1.82, 2.24) is 0 Å². The number of thiophene rings is 1. The van der Waals surface area contributed by atoms with E-state index in [2.05, 4.69) is 5.32 Å². The zero-order valence-corrected chi connectivity index (χ0v) is 15.0. The number of anilines is 1. The zero-order valence-electron chi connectivity index (χ0n) is 13.3. The average molecular weight is 349 g/mol. The number of nitrogens with one attached hydrogen (secondary N) is 1. The van der Waals surface area contributed by atoms with Gasteiger partial charge >= 0.3 is 5.97 Å². The van der Waals surface area contributed by atoms with E-state index < -0.39 is 5.97 Å². The van der Waals surface area contributed by atoms with E-state index in [0.717, 1.165) is 16.2 Å². The number of rotatable bonds is 6. The second-order valence-corrected chi connectivity index (χ2v) is 6.67. The third-order valence-electron chi connectivity index (χ3n) is 3.21. The van der Waals surface area contributed by atoms with E-state index in [1.165, 1.54) is 23.1 Å². The molecule has 2 aromatic rings. The summed E-state index contributed by atoms with van der Waals surface area (Å²) in [7, 11) is 0. The van der Waals surface area contributed by atoms with Crippen LogP contribution in [0.15, 0.2) is 35.2 Å². The van der Waals surface area contributed by atoms with Gasteiger partial charge in [-0.1, -0.05) is 19.1 Å². The molecule has 0 radical (unpaired) electrons. The Hall–Kier alpha value is -1.79. The van der Waals surface area contributed by atoms with Crippen LogP contribution in [0.5, 0.6) is 0 Å². The molecule has 2 rings (SSSR count). The van der Waals surface area contributed by atoms with Crippen LogP contribution in [0, 0.1) is 0 Å². The van der Waals surface area contributed by atoms with Gasteiger partial charge in [0.05, 0.1) is 17.7 Å². The van der Waals surface area contributed by atoms with Crippen LogP contribution in [-0.2, 0) is 11.2 Å². The van der Waals surface area contributed by atoms with Crippen molar-refractivity contribution in [1.29, 1.82) is 0 Å². The van der Waals surface area contributed by atoms with Crippen molar-refractivity contribution < 1.29 is 14.3 Å². The summed E-state index contributed by atoms with van der Waals surface area (Å²) in [5.41, 5.74) is 1.02. The minimum absolute atomic E-state index is 0.218. The number of hydrogen-bond donors (Lipinski definition) is 1. The molecule has 1 N–H and O–H groups in total. The molecule has 0 bridgehead atoms. The van der Waals surface area contributed by atoms with E-state index in [1.807, 2.05) is 31.4 Å². The molecular weight excluding hydrogens is 330 g/mol. The topological polar surface area (TPSA) is 55.4 Å². The Morgan fingerprint density at radius 1 is 1.22 bits per heavy atom. The Kier molecular flexibility index (Phi) is 6.24. The van der Waals surface area contributed by atoms with Crippen LogP contribution in [0.1, 0.15) is 39.4 Å². The van der Waals surface area contributed by atoms with Crippen LogP contribution in [0.25, 0.3) is 0 Å². The summed E-state index contributed by atoms with van der Waals surface area (Å²) < 4.78 is 5.07. The molecule has 0 aliphatic heterocycles. The predicted octanol–water partition coefficient (Wildman–Crippen LogP) is 4.46. The number of carbonyl (C=O) groups is 2. The van der Waals surface area contributed by atoms with Gasteiger partial charge in [0, 0.05) is 9.77 Å². The van der Waals surface area contributed by atoms with Crippen LogP contribution in [0.4, 0.5) is 5.00 Å². The van der Waals surface area contributed by atoms with Crippen molar-refractivity contribution in [2.24, 2.45) is 0 Å². The molecule has 4 nitrogen and oxygen atoms in total. The Balaban J connectivity index is 2.30. The highest BCUT2D eigenvalue weighted by Gasteiger charge is 2.20. The number of amides is 1. The molecule has 0 atom stereocenters. The lowest BCUT2D eigenvalue weighted by Gasteiger charge is -2.08. The molecule has 0 saturated heterocycles. The maximum absolute atomic E-state index is 12.6. The molecule has 0 fully saturated rings. The van der Waals surface area contributed by atoms with Crippen molar-refractivity contribution >= 4 is 40.0 Å². The monoisotopic (exact) mass is 349 g/mol. The molecule has 0 saturated carbocycles. The molecular formula is C17H19NO3S2. The average Bonchev–Trinajstić information content (AvgIpc) is 2.98. The number of aryl methyl sites for hydroxylation is 1. The number of thioether (sulfide) groups is 1. The van der Waals surface area contributed by atoms with Gasteiger partial charge < -0.3 is 10.1 Å². The van der Waals surface area contributed by atoms with E-state index in [0.29, 0.717) is 22.7 Å². The maximum atomic E-state index is 12.6. The highest BCUT2D eigenvalue weighted by atomic mass is 32.2. The Morgan fingerprint density at radius 3 is 2.61 bits per heavy atom. The van der Waals surface area contributed by atoms with E-state index in [4.69, 9.17) is 4.74 Å². The standard InChI is InChI=1S/C17H19NO3S2/c1-4-11-10-13(17(20)21-5-2)16(23-11)18-15(19)12-8-6-7-9-14(12)22-3/h6-10H,4-5H2,1-3H3,(H,18,19). The third kappa shape index (κ3) is 4.14. The van der Waals surface area contributed by atoms with Crippen molar-refractivity contribution in [2.45, 2.75) is 25.2 Å². The molecule has 1 amide bonds. The first kappa shape index (κ1) is 17.6. The summed E-state index contributed by atoms with van der Waals surface area (Å²) in [4.78, 5) is 26.5. The van der Waals surface area contributed by atoms with E-state index >= 15 is 0 Å². The predicted molar refractivity (Wildman–Crippen MR) is 95.8 cm³/mol. The van der Waals surface area contributed by atoms with Gasteiger partial charge in [0.15, 0.2) is 0 Å². The quantitative estimate of drug-likeness (QED) is 0.618. The number of esters is 1. The van der Waals surface area contributed by atoms with Gasteiger partial charge in [-0.15, -0.1) is 23.1 Å². The van der Waals surface area contributed by atoms with E-state index in [1.54, 1.807) is 19.1 Å². The van der Waals surface area contributed by atoms with Gasteiger partial charge in [-0.05, 0) is 37.8 Å². The summed E-state index contributed by atoms with van der Waals surface area (Å²) in [6.07, 6.45) is 2.73. The van der Waals surface area contributed by atoms with Gasteiger partial charge in [-0.2, -0.15) is 0 Å².